The highest BCUT2D eigenvalue weighted by molar-refractivity contribution is 5.90. The van der Waals surface area contributed by atoms with E-state index in [-0.39, 0.29) is 6.61 Å². The SMILES string of the molecule is O=C(O[C@H]1[C@@H]2OC[C@@H](O2)[C@@H](OC(=O)c2ccccc2)[C@@H]1O)c1ccccc1. The summed E-state index contributed by atoms with van der Waals surface area (Å²) in [4.78, 5) is 24.7. The number of fused-ring (bicyclic) bond motifs is 2. The second kappa shape index (κ2) is 7.48. The van der Waals surface area contributed by atoms with Gasteiger partial charge in [-0.1, -0.05) is 36.4 Å². The highest BCUT2D eigenvalue weighted by Gasteiger charge is 2.54. The van der Waals surface area contributed by atoms with Crippen molar-refractivity contribution in [3.8, 4) is 0 Å². The highest BCUT2D eigenvalue weighted by atomic mass is 16.8. The number of rotatable bonds is 4. The molecule has 2 aliphatic heterocycles. The summed E-state index contributed by atoms with van der Waals surface area (Å²) in [5.74, 6) is -1.22. The Balaban J connectivity index is 1.49. The van der Waals surface area contributed by atoms with Crippen molar-refractivity contribution in [2.24, 2.45) is 0 Å². The summed E-state index contributed by atoms with van der Waals surface area (Å²) >= 11 is 0. The van der Waals surface area contributed by atoms with E-state index in [4.69, 9.17) is 18.9 Å². The lowest BCUT2D eigenvalue weighted by molar-refractivity contribution is -0.228. The van der Waals surface area contributed by atoms with Crippen molar-refractivity contribution in [3.05, 3.63) is 71.8 Å². The van der Waals surface area contributed by atoms with Gasteiger partial charge < -0.3 is 24.1 Å². The molecule has 0 unspecified atom stereocenters. The Morgan fingerprint density at radius 3 is 1.93 bits per heavy atom. The van der Waals surface area contributed by atoms with E-state index in [1.54, 1.807) is 60.7 Å². The van der Waals surface area contributed by atoms with Crippen molar-refractivity contribution in [1.82, 2.24) is 0 Å². The van der Waals surface area contributed by atoms with Gasteiger partial charge in [0.05, 0.1) is 17.7 Å². The highest BCUT2D eigenvalue weighted by Crippen LogP contribution is 2.32. The summed E-state index contributed by atoms with van der Waals surface area (Å²) in [5, 5.41) is 10.7. The molecule has 2 aliphatic rings. The van der Waals surface area contributed by atoms with Crippen molar-refractivity contribution in [1.29, 1.82) is 0 Å². The van der Waals surface area contributed by atoms with Crippen LogP contribution in [-0.4, -0.2) is 54.4 Å². The minimum absolute atomic E-state index is 0.133. The number of ether oxygens (including phenoxy) is 4. The van der Waals surface area contributed by atoms with Gasteiger partial charge in [-0.05, 0) is 24.3 Å². The average molecular weight is 370 g/mol. The summed E-state index contributed by atoms with van der Waals surface area (Å²) in [7, 11) is 0. The Kier molecular flexibility index (Phi) is 4.89. The van der Waals surface area contributed by atoms with Crippen LogP contribution in [0.1, 0.15) is 20.7 Å². The van der Waals surface area contributed by atoms with Crippen LogP contribution in [0.15, 0.2) is 60.7 Å². The van der Waals surface area contributed by atoms with Crippen LogP contribution in [0.2, 0.25) is 0 Å². The fourth-order valence-corrected chi connectivity index (χ4v) is 3.16. The van der Waals surface area contributed by atoms with E-state index in [0.717, 1.165) is 0 Å². The number of aliphatic hydroxyl groups is 1. The lowest BCUT2D eigenvalue weighted by atomic mass is 10.0. The van der Waals surface area contributed by atoms with Crippen LogP contribution >= 0.6 is 0 Å². The van der Waals surface area contributed by atoms with Gasteiger partial charge in [0, 0.05) is 0 Å². The van der Waals surface area contributed by atoms with Gasteiger partial charge in [-0.3, -0.25) is 0 Å². The van der Waals surface area contributed by atoms with Gasteiger partial charge >= 0.3 is 11.9 Å². The molecule has 7 nitrogen and oxygen atoms in total. The summed E-state index contributed by atoms with van der Waals surface area (Å²) in [5.41, 5.74) is 0.686. The number of benzene rings is 2. The first-order chi connectivity index (χ1) is 13.1. The molecule has 4 rings (SSSR count). The fraction of sp³-hybridized carbons (Fsp3) is 0.300. The fourth-order valence-electron chi connectivity index (χ4n) is 3.16. The van der Waals surface area contributed by atoms with Crippen LogP contribution < -0.4 is 0 Å². The Hall–Kier alpha value is -2.74. The number of esters is 2. The van der Waals surface area contributed by atoms with E-state index in [1.807, 2.05) is 0 Å². The molecule has 0 amide bonds. The molecular formula is C20H18O7. The second-order valence-electron chi connectivity index (χ2n) is 6.34. The molecule has 0 aliphatic carbocycles. The third kappa shape index (κ3) is 3.57. The van der Waals surface area contributed by atoms with Crippen molar-refractivity contribution in [2.75, 3.05) is 6.61 Å². The quantitative estimate of drug-likeness (QED) is 0.817. The van der Waals surface area contributed by atoms with Crippen molar-refractivity contribution in [2.45, 2.75) is 30.7 Å². The molecule has 5 atom stereocenters. The Labute approximate surface area is 155 Å². The van der Waals surface area contributed by atoms with Crippen LogP contribution in [-0.2, 0) is 18.9 Å². The van der Waals surface area contributed by atoms with Crippen LogP contribution in [0, 0.1) is 0 Å². The minimum atomic E-state index is -1.27. The van der Waals surface area contributed by atoms with Gasteiger partial charge in [0.25, 0.3) is 0 Å². The smallest absolute Gasteiger partial charge is 0.338 e. The minimum Gasteiger partial charge on any atom is -0.453 e. The van der Waals surface area contributed by atoms with Crippen LogP contribution in [0.5, 0.6) is 0 Å². The van der Waals surface area contributed by atoms with Crippen molar-refractivity contribution in [3.63, 3.8) is 0 Å². The average Bonchev–Trinajstić information content (AvgIpc) is 3.15. The van der Waals surface area contributed by atoms with Gasteiger partial charge in [-0.2, -0.15) is 0 Å². The molecule has 2 heterocycles. The van der Waals surface area contributed by atoms with E-state index < -0.39 is 42.6 Å². The molecular weight excluding hydrogens is 352 g/mol. The normalized spacial score (nSPS) is 29.1. The summed E-state index contributed by atoms with van der Waals surface area (Å²) < 4.78 is 22.0. The molecule has 0 aromatic heterocycles. The van der Waals surface area contributed by atoms with Crippen molar-refractivity contribution >= 4 is 11.9 Å². The van der Waals surface area contributed by atoms with E-state index in [2.05, 4.69) is 0 Å². The molecule has 0 radical (unpaired) electrons. The number of carbonyl (C=O) groups excluding carboxylic acids is 2. The standard InChI is InChI=1S/C20H18O7/c21-15-16(26-18(22)12-7-3-1-4-8-12)14-11-24-20(25-14)17(15)27-19(23)13-9-5-2-6-10-13/h1-10,14-17,20-21H,11H2/t14-,15+,16-,17-,20-/m1/s1. The molecule has 140 valence electrons. The number of hydrogen-bond donors (Lipinski definition) is 1. The number of carbonyl (C=O) groups is 2. The molecule has 2 aromatic carbocycles. The molecule has 0 spiro atoms. The molecule has 27 heavy (non-hydrogen) atoms. The maximum atomic E-state index is 12.3. The lowest BCUT2D eigenvalue weighted by Crippen LogP contribution is -2.56. The van der Waals surface area contributed by atoms with Crippen LogP contribution in [0.4, 0.5) is 0 Å². The van der Waals surface area contributed by atoms with Crippen molar-refractivity contribution < 1.29 is 33.6 Å². The zero-order valence-electron chi connectivity index (χ0n) is 14.3. The third-order valence-corrected chi connectivity index (χ3v) is 4.55. The molecule has 2 fully saturated rings. The third-order valence-electron chi connectivity index (χ3n) is 4.55. The molecule has 2 saturated heterocycles. The van der Waals surface area contributed by atoms with Gasteiger partial charge in [0.15, 0.2) is 18.5 Å². The maximum Gasteiger partial charge on any atom is 0.338 e. The largest absolute Gasteiger partial charge is 0.453 e. The topological polar surface area (TPSA) is 91.3 Å². The zero-order chi connectivity index (χ0) is 18.8. The first-order valence-electron chi connectivity index (χ1n) is 8.60. The van der Waals surface area contributed by atoms with Crippen LogP contribution in [0.3, 0.4) is 0 Å². The molecule has 7 heteroatoms. The molecule has 2 bridgehead atoms. The summed E-state index contributed by atoms with van der Waals surface area (Å²) in [6, 6.07) is 16.8. The van der Waals surface area contributed by atoms with E-state index in [1.165, 1.54) is 0 Å². The molecule has 1 N–H and O–H groups in total. The van der Waals surface area contributed by atoms with Gasteiger partial charge in [0.1, 0.15) is 12.2 Å². The first-order valence-corrected chi connectivity index (χ1v) is 8.60. The molecule has 2 aromatic rings. The summed E-state index contributed by atoms with van der Waals surface area (Å²) in [6.07, 6.45) is -4.90. The Morgan fingerprint density at radius 1 is 0.852 bits per heavy atom. The van der Waals surface area contributed by atoms with E-state index in [0.29, 0.717) is 11.1 Å². The Bertz CT molecular complexity index is 740. The monoisotopic (exact) mass is 370 g/mol. The number of hydrogen-bond acceptors (Lipinski definition) is 7. The Morgan fingerprint density at radius 2 is 1.37 bits per heavy atom. The number of aliphatic hydroxyl groups excluding tert-OH is 1. The molecule has 0 saturated carbocycles. The predicted octanol–water partition coefficient (Wildman–Crippen LogP) is 1.55. The lowest BCUT2D eigenvalue weighted by Gasteiger charge is -2.36. The van der Waals surface area contributed by atoms with Crippen LogP contribution in [0.25, 0.3) is 0 Å². The summed E-state index contributed by atoms with van der Waals surface area (Å²) in [6.45, 7) is 0.133. The van der Waals surface area contributed by atoms with Gasteiger partial charge in [-0.25, -0.2) is 9.59 Å². The van der Waals surface area contributed by atoms with E-state index >= 15 is 0 Å². The predicted molar refractivity (Wildman–Crippen MR) is 91.9 cm³/mol. The van der Waals surface area contributed by atoms with E-state index in [9.17, 15) is 14.7 Å². The maximum absolute atomic E-state index is 12.3. The first kappa shape index (κ1) is 17.7. The zero-order valence-corrected chi connectivity index (χ0v) is 14.3. The van der Waals surface area contributed by atoms with Gasteiger partial charge in [-0.15, -0.1) is 0 Å². The second-order valence-corrected chi connectivity index (χ2v) is 6.34. The van der Waals surface area contributed by atoms with Gasteiger partial charge in [0.2, 0.25) is 0 Å².